The standard InChI is InChI=1S/C7H4BClF5.K/c9-6-3-4(8(12,13)14)1-2-5(6)7(10)11;/h1-3,7H;/q-1;+1. The molecule has 0 amide bonds. The first-order chi connectivity index (χ1) is 6.32. The maximum absolute atomic E-state index is 12.1. The summed E-state index contributed by atoms with van der Waals surface area (Å²) in [5.74, 6) is 0. The smallest absolute Gasteiger partial charge is 0.445 e. The van der Waals surface area contributed by atoms with Crippen molar-refractivity contribution in [3.05, 3.63) is 28.8 Å². The van der Waals surface area contributed by atoms with Gasteiger partial charge in [0.25, 0.3) is 6.43 Å². The van der Waals surface area contributed by atoms with Crippen molar-refractivity contribution in [2.45, 2.75) is 6.43 Å². The van der Waals surface area contributed by atoms with Crippen molar-refractivity contribution in [2.24, 2.45) is 0 Å². The Bertz CT molecular complexity index is 341. The quantitative estimate of drug-likeness (QED) is 0.536. The van der Waals surface area contributed by atoms with E-state index < -0.39 is 29.5 Å². The fraction of sp³-hybridized carbons (Fsp3) is 0.143. The van der Waals surface area contributed by atoms with Gasteiger partial charge in [-0.15, -0.1) is 5.46 Å². The Hall–Kier alpha value is 0.861. The molecular weight excluding hydrogens is 264 g/mol. The molecule has 0 radical (unpaired) electrons. The molecule has 0 saturated heterocycles. The van der Waals surface area contributed by atoms with E-state index in [1.165, 1.54) is 0 Å². The summed E-state index contributed by atoms with van der Waals surface area (Å²) in [4.78, 5) is 0. The number of halogens is 6. The fourth-order valence-electron chi connectivity index (χ4n) is 0.924. The van der Waals surface area contributed by atoms with Crippen LogP contribution in [0.3, 0.4) is 0 Å². The summed E-state index contributed by atoms with van der Waals surface area (Å²) in [5.41, 5.74) is -1.56. The molecule has 0 unspecified atom stereocenters. The molecule has 78 valence electrons. The van der Waals surface area contributed by atoms with Gasteiger partial charge in [-0.2, -0.15) is 0 Å². The average Bonchev–Trinajstić information content (AvgIpc) is 2.01. The fourth-order valence-corrected chi connectivity index (χ4v) is 1.20. The normalized spacial score (nSPS) is 11.4. The van der Waals surface area contributed by atoms with Gasteiger partial charge in [-0.05, 0) is 0 Å². The molecule has 8 heteroatoms. The number of alkyl halides is 2. The second-order valence-electron chi connectivity index (χ2n) is 2.66. The van der Waals surface area contributed by atoms with E-state index in [0.29, 0.717) is 18.2 Å². The first kappa shape index (κ1) is 15.9. The second kappa shape index (κ2) is 5.97. The zero-order chi connectivity index (χ0) is 10.9. The minimum absolute atomic E-state index is 0. The van der Waals surface area contributed by atoms with Crippen molar-refractivity contribution in [1.82, 2.24) is 0 Å². The van der Waals surface area contributed by atoms with Crippen molar-refractivity contribution >= 4 is 24.0 Å². The summed E-state index contributed by atoms with van der Waals surface area (Å²) < 4.78 is 60.5. The summed E-state index contributed by atoms with van der Waals surface area (Å²) in [6, 6.07) is 1.81. The molecule has 1 rings (SSSR count). The maximum Gasteiger partial charge on any atom is 1.00 e. The van der Waals surface area contributed by atoms with Crippen molar-refractivity contribution in [3.63, 3.8) is 0 Å². The van der Waals surface area contributed by atoms with Crippen LogP contribution in [0.25, 0.3) is 0 Å². The van der Waals surface area contributed by atoms with E-state index in [9.17, 15) is 21.7 Å². The minimum Gasteiger partial charge on any atom is -0.445 e. The number of rotatable bonds is 2. The molecule has 0 aliphatic carbocycles. The van der Waals surface area contributed by atoms with Crippen LogP contribution in [0, 0.1) is 0 Å². The van der Waals surface area contributed by atoms with E-state index in [0.717, 1.165) is 0 Å². The van der Waals surface area contributed by atoms with Gasteiger partial charge in [-0.25, -0.2) is 8.78 Å². The van der Waals surface area contributed by atoms with Crippen LogP contribution in [-0.2, 0) is 0 Å². The van der Waals surface area contributed by atoms with Gasteiger partial charge < -0.3 is 12.9 Å². The molecule has 15 heavy (non-hydrogen) atoms. The topological polar surface area (TPSA) is 0 Å². The van der Waals surface area contributed by atoms with Gasteiger partial charge in [-0.1, -0.05) is 29.8 Å². The summed E-state index contributed by atoms with van der Waals surface area (Å²) in [6.45, 7) is -5.19. The molecule has 0 aromatic heterocycles. The van der Waals surface area contributed by atoms with E-state index in [4.69, 9.17) is 11.6 Å². The van der Waals surface area contributed by atoms with Crippen LogP contribution in [0.2, 0.25) is 5.02 Å². The number of benzene rings is 1. The van der Waals surface area contributed by atoms with Gasteiger partial charge in [-0.3, -0.25) is 0 Å². The molecule has 0 fully saturated rings. The third kappa shape index (κ3) is 4.32. The predicted molar refractivity (Wildman–Crippen MR) is 45.1 cm³/mol. The van der Waals surface area contributed by atoms with Crippen LogP contribution < -0.4 is 56.8 Å². The SMILES string of the molecule is FC(F)c1ccc([B-](F)(F)F)cc1Cl.[K+]. The zero-order valence-electron chi connectivity index (χ0n) is 7.65. The molecule has 0 bridgehead atoms. The molecule has 0 aliphatic rings. The van der Waals surface area contributed by atoms with Crippen molar-refractivity contribution in [2.75, 3.05) is 0 Å². The monoisotopic (exact) mass is 268 g/mol. The Kier molecular flexibility index (Phi) is 6.32. The molecule has 0 heterocycles. The van der Waals surface area contributed by atoms with Gasteiger partial charge >= 0.3 is 58.4 Å². The van der Waals surface area contributed by atoms with Crippen LogP contribution in [0.5, 0.6) is 0 Å². The molecule has 1 aromatic carbocycles. The van der Waals surface area contributed by atoms with Crippen LogP contribution in [0.15, 0.2) is 18.2 Å². The minimum atomic E-state index is -5.19. The van der Waals surface area contributed by atoms with Crippen molar-refractivity contribution in [1.29, 1.82) is 0 Å². The van der Waals surface area contributed by atoms with Gasteiger partial charge in [0.1, 0.15) is 0 Å². The Morgan fingerprint density at radius 3 is 2.00 bits per heavy atom. The third-order valence-corrected chi connectivity index (χ3v) is 1.96. The van der Waals surface area contributed by atoms with E-state index in [1.54, 1.807) is 0 Å². The molecular formula is C7H4BClF5K. The van der Waals surface area contributed by atoms with Crippen LogP contribution >= 0.6 is 11.6 Å². The largest absolute Gasteiger partial charge is 1.00 e. The predicted octanol–water partition coefficient (Wildman–Crippen LogP) is 0.336. The van der Waals surface area contributed by atoms with Gasteiger partial charge in [0.15, 0.2) is 0 Å². The maximum atomic E-state index is 12.1. The molecule has 1 aromatic rings. The van der Waals surface area contributed by atoms with E-state index in [1.807, 2.05) is 0 Å². The van der Waals surface area contributed by atoms with Crippen molar-refractivity contribution < 1.29 is 73.1 Å². The summed E-state index contributed by atoms with van der Waals surface area (Å²) >= 11 is 5.26. The van der Waals surface area contributed by atoms with Gasteiger partial charge in [0.2, 0.25) is 0 Å². The van der Waals surface area contributed by atoms with Crippen LogP contribution in [0.1, 0.15) is 12.0 Å². The number of hydrogen-bond donors (Lipinski definition) is 0. The summed E-state index contributed by atoms with van der Waals surface area (Å²) in [7, 11) is 0. The Morgan fingerprint density at radius 1 is 1.13 bits per heavy atom. The average molecular weight is 268 g/mol. The molecule has 0 spiro atoms. The van der Waals surface area contributed by atoms with E-state index >= 15 is 0 Å². The van der Waals surface area contributed by atoms with Crippen LogP contribution in [0.4, 0.5) is 21.7 Å². The van der Waals surface area contributed by atoms with E-state index in [-0.39, 0.29) is 51.4 Å². The second-order valence-corrected chi connectivity index (χ2v) is 3.06. The molecule has 0 N–H and O–H groups in total. The number of hydrogen-bond acceptors (Lipinski definition) is 0. The summed E-state index contributed by atoms with van der Waals surface area (Å²) in [6.07, 6.45) is -2.86. The van der Waals surface area contributed by atoms with E-state index in [2.05, 4.69) is 0 Å². The molecule has 0 nitrogen and oxygen atoms in total. The Balaban J connectivity index is 0.00000196. The van der Waals surface area contributed by atoms with Gasteiger partial charge in [0, 0.05) is 10.6 Å². The Morgan fingerprint density at radius 2 is 1.67 bits per heavy atom. The zero-order valence-corrected chi connectivity index (χ0v) is 11.5. The first-order valence-electron chi connectivity index (χ1n) is 3.60. The van der Waals surface area contributed by atoms with Crippen molar-refractivity contribution in [3.8, 4) is 0 Å². The first-order valence-corrected chi connectivity index (χ1v) is 3.97. The molecule has 0 atom stereocenters. The third-order valence-electron chi connectivity index (χ3n) is 1.64. The Labute approximate surface area is 131 Å². The van der Waals surface area contributed by atoms with Crippen LogP contribution in [-0.4, -0.2) is 6.98 Å². The van der Waals surface area contributed by atoms with Gasteiger partial charge in [0.05, 0.1) is 0 Å². The molecule has 0 aliphatic heterocycles. The summed E-state index contributed by atoms with van der Waals surface area (Å²) in [5, 5.41) is -0.559. The molecule has 0 saturated carbocycles.